The zero-order chi connectivity index (χ0) is 11.4. The molecule has 1 aliphatic rings. The molecule has 1 aromatic carbocycles. The van der Waals surface area contributed by atoms with E-state index in [4.69, 9.17) is 0 Å². The van der Waals surface area contributed by atoms with Gasteiger partial charge >= 0.3 is 0 Å². The van der Waals surface area contributed by atoms with E-state index in [9.17, 15) is 5.11 Å². The molecule has 0 radical (unpaired) electrons. The van der Waals surface area contributed by atoms with Crippen molar-refractivity contribution in [2.24, 2.45) is 5.92 Å². The summed E-state index contributed by atoms with van der Waals surface area (Å²) < 4.78 is 0. The molecule has 0 spiro atoms. The van der Waals surface area contributed by atoms with E-state index in [1.54, 1.807) is 0 Å². The van der Waals surface area contributed by atoms with Crippen molar-refractivity contribution < 1.29 is 5.11 Å². The first-order valence-corrected chi connectivity index (χ1v) is 6.21. The smallest absolute Gasteiger partial charge is 0.0566 e. The van der Waals surface area contributed by atoms with Gasteiger partial charge in [0, 0.05) is 12.6 Å². The van der Waals surface area contributed by atoms with Crippen LogP contribution in [0, 0.1) is 5.92 Å². The Morgan fingerprint density at radius 1 is 1.25 bits per heavy atom. The van der Waals surface area contributed by atoms with Crippen molar-refractivity contribution in [2.75, 3.05) is 0 Å². The molecule has 2 N–H and O–H groups in total. The first-order chi connectivity index (χ1) is 7.75. The molecular weight excluding hydrogens is 198 g/mol. The van der Waals surface area contributed by atoms with E-state index in [2.05, 4.69) is 36.5 Å². The van der Waals surface area contributed by atoms with Crippen LogP contribution in [0.15, 0.2) is 30.3 Å². The lowest BCUT2D eigenvalue weighted by molar-refractivity contribution is 0.0657. The van der Waals surface area contributed by atoms with Crippen LogP contribution in [-0.4, -0.2) is 17.3 Å². The molecule has 1 saturated carbocycles. The minimum absolute atomic E-state index is 0.0882. The molecule has 2 heteroatoms. The zero-order valence-electron chi connectivity index (χ0n) is 9.89. The fraction of sp³-hybridized carbons (Fsp3) is 0.571. The number of hydrogen-bond acceptors (Lipinski definition) is 2. The number of benzene rings is 1. The first kappa shape index (κ1) is 11.6. The third-order valence-electron chi connectivity index (χ3n) is 3.56. The van der Waals surface area contributed by atoms with Gasteiger partial charge in [0.25, 0.3) is 0 Å². The van der Waals surface area contributed by atoms with E-state index in [1.807, 2.05) is 6.07 Å². The zero-order valence-corrected chi connectivity index (χ0v) is 9.89. The van der Waals surface area contributed by atoms with Crippen LogP contribution in [0.1, 0.15) is 31.7 Å². The summed E-state index contributed by atoms with van der Waals surface area (Å²) in [7, 11) is 0. The molecule has 0 aromatic heterocycles. The minimum atomic E-state index is -0.0882. The van der Waals surface area contributed by atoms with Gasteiger partial charge < -0.3 is 10.4 Å². The van der Waals surface area contributed by atoms with Crippen LogP contribution in [0.3, 0.4) is 0 Å². The largest absolute Gasteiger partial charge is 0.393 e. The minimum Gasteiger partial charge on any atom is -0.393 e. The van der Waals surface area contributed by atoms with Gasteiger partial charge in [0.1, 0.15) is 0 Å². The van der Waals surface area contributed by atoms with Gasteiger partial charge in [-0.05, 0) is 30.7 Å². The molecule has 88 valence electrons. The summed E-state index contributed by atoms with van der Waals surface area (Å²) in [6, 6.07) is 11.1. The lowest BCUT2D eigenvalue weighted by Gasteiger charge is -2.31. The molecule has 0 bridgehead atoms. The van der Waals surface area contributed by atoms with Gasteiger partial charge in [-0.1, -0.05) is 37.3 Å². The highest BCUT2D eigenvalue weighted by molar-refractivity contribution is 5.14. The Morgan fingerprint density at radius 3 is 2.69 bits per heavy atom. The Hall–Kier alpha value is -0.860. The summed E-state index contributed by atoms with van der Waals surface area (Å²) in [6.45, 7) is 3.08. The fourth-order valence-electron chi connectivity index (χ4n) is 2.42. The standard InChI is InChI=1S/C14H21NO/c1-11-9-13(7-8-14(11)16)15-10-12-5-3-2-4-6-12/h2-6,11,13-16H,7-10H2,1H3/t11-,13+,14-/m0/s1. The number of rotatable bonds is 3. The summed E-state index contributed by atoms with van der Waals surface area (Å²) in [5.74, 6) is 0.432. The van der Waals surface area contributed by atoms with Gasteiger partial charge in [0.2, 0.25) is 0 Å². The Morgan fingerprint density at radius 2 is 2.00 bits per heavy atom. The normalized spacial score (nSPS) is 30.2. The summed E-state index contributed by atoms with van der Waals surface area (Å²) in [5, 5.41) is 13.2. The second-order valence-corrected chi connectivity index (χ2v) is 4.92. The van der Waals surface area contributed by atoms with Crippen molar-refractivity contribution in [1.82, 2.24) is 5.32 Å². The lowest BCUT2D eigenvalue weighted by atomic mass is 9.84. The Bertz CT molecular complexity index is 312. The van der Waals surface area contributed by atoms with E-state index in [0.717, 1.165) is 25.8 Å². The number of hydrogen-bond donors (Lipinski definition) is 2. The van der Waals surface area contributed by atoms with Crippen LogP contribution in [0.5, 0.6) is 0 Å². The van der Waals surface area contributed by atoms with Crippen LogP contribution >= 0.6 is 0 Å². The first-order valence-electron chi connectivity index (χ1n) is 6.21. The van der Waals surface area contributed by atoms with E-state index >= 15 is 0 Å². The molecule has 0 unspecified atom stereocenters. The highest BCUT2D eigenvalue weighted by Crippen LogP contribution is 2.24. The molecule has 0 heterocycles. The van der Waals surface area contributed by atoms with Crippen LogP contribution in [-0.2, 0) is 6.54 Å². The van der Waals surface area contributed by atoms with Crippen LogP contribution in [0.2, 0.25) is 0 Å². The topological polar surface area (TPSA) is 32.3 Å². The van der Waals surface area contributed by atoms with Crippen molar-refractivity contribution in [1.29, 1.82) is 0 Å². The molecule has 16 heavy (non-hydrogen) atoms. The van der Waals surface area contributed by atoms with Gasteiger partial charge in [0.15, 0.2) is 0 Å². The van der Waals surface area contributed by atoms with Crippen molar-refractivity contribution in [3.8, 4) is 0 Å². The molecule has 1 aromatic rings. The monoisotopic (exact) mass is 219 g/mol. The number of nitrogens with one attached hydrogen (secondary N) is 1. The summed E-state index contributed by atoms with van der Waals surface area (Å²) in [5.41, 5.74) is 1.33. The second-order valence-electron chi connectivity index (χ2n) is 4.92. The third kappa shape index (κ3) is 3.06. The average Bonchev–Trinajstić information content (AvgIpc) is 2.32. The molecule has 3 atom stereocenters. The van der Waals surface area contributed by atoms with Gasteiger partial charge in [-0.3, -0.25) is 0 Å². The van der Waals surface area contributed by atoms with Crippen molar-refractivity contribution in [3.05, 3.63) is 35.9 Å². The molecule has 1 fully saturated rings. The predicted octanol–water partition coefficient (Wildman–Crippen LogP) is 2.33. The highest BCUT2D eigenvalue weighted by atomic mass is 16.3. The average molecular weight is 219 g/mol. The van der Waals surface area contributed by atoms with Gasteiger partial charge in [-0.25, -0.2) is 0 Å². The van der Waals surface area contributed by atoms with E-state index in [0.29, 0.717) is 12.0 Å². The van der Waals surface area contributed by atoms with E-state index in [1.165, 1.54) is 5.56 Å². The van der Waals surface area contributed by atoms with E-state index < -0.39 is 0 Å². The second kappa shape index (κ2) is 5.46. The summed E-state index contributed by atoms with van der Waals surface area (Å²) in [4.78, 5) is 0. The van der Waals surface area contributed by atoms with Crippen LogP contribution < -0.4 is 5.32 Å². The summed E-state index contributed by atoms with van der Waals surface area (Å²) >= 11 is 0. The molecule has 2 nitrogen and oxygen atoms in total. The highest BCUT2D eigenvalue weighted by Gasteiger charge is 2.25. The molecule has 2 rings (SSSR count). The molecule has 0 amide bonds. The Labute approximate surface area is 97.7 Å². The third-order valence-corrected chi connectivity index (χ3v) is 3.56. The quantitative estimate of drug-likeness (QED) is 0.817. The van der Waals surface area contributed by atoms with Crippen LogP contribution in [0.4, 0.5) is 0 Å². The predicted molar refractivity (Wildman–Crippen MR) is 66.1 cm³/mol. The lowest BCUT2D eigenvalue weighted by Crippen LogP contribution is -2.38. The van der Waals surface area contributed by atoms with Crippen molar-refractivity contribution in [3.63, 3.8) is 0 Å². The Balaban J connectivity index is 1.79. The van der Waals surface area contributed by atoms with Crippen LogP contribution in [0.25, 0.3) is 0 Å². The molecular formula is C14H21NO. The van der Waals surface area contributed by atoms with Crippen molar-refractivity contribution in [2.45, 2.75) is 44.9 Å². The molecule has 1 aliphatic carbocycles. The maximum atomic E-state index is 9.65. The SMILES string of the molecule is C[C@H]1C[C@H](NCc2ccccc2)CC[C@@H]1O. The van der Waals surface area contributed by atoms with Gasteiger partial charge in [-0.15, -0.1) is 0 Å². The van der Waals surface area contributed by atoms with Crippen molar-refractivity contribution >= 4 is 0 Å². The number of aliphatic hydroxyl groups excluding tert-OH is 1. The van der Waals surface area contributed by atoms with Gasteiger partial charge in [0.05, 0.1) is 6.10 Å². The molecule has 0 saturated heterocycles. The number of aliphatic hydroxyl groups is 1. The summed E-state index contributed by atoms with van der Waals surface area (Å²) in [6.07, 6.45) is 3.04. The van der Waals surface area contributed by atoms with Gasteiger partial charge in [-0.2, -0.15) is 0 Å². The maximum absolute atomic E-state index is 9.65. The Kier molecular flexibility index (Phi) is 3.97. The van der Waals surface area contributed by atoms with E-state index in [-0.39, 0.29) is 6.10 Å². The molecule has 0 aliphatic heterocycles. The fourth-order valence-corrected chi connectivity index (χ4v) is 2.42. The maximum Gasteiger partial charge on any atom is 0.0566 e.